The van der Waals surface area contributed by atoms with Gasteiger partial charge in [0.15, 0.2) is 5.96 Å². The number of nitrogens with one attached hydrogen (secondary N) is 2. The van der Waals surface area contributed by atoms with Crippen LogP contribution >= 0.6 is 24.0 Å². The number of halogens is 1. The molecule has 6 nitrogen and oxygen atoms in total. The van der Waals surface area contributed by atoms with Crippen LogP contribution < -0.4 is 15.4 Å². The third-order valence-corrected chi connectivity index (χ3v) is 5.17. The summed E-state index contributed by atoms with van der Waals surface area (Å²) >= 11 is 0. The lowest BCUT2D eigenvalue weighted by atomic mass is 9.83. The number of guanidine groups is 1. The van der Waals surface area contributed by atoms with Crippen LogP contribution in [0.15, 0.2) is 23.2 Å². The highest BCUT2D eigenvalue weighted by Gasteiger charge is 2.33. The molecule has 1 saturated carbocycles. The molecule has 154 valence electrons. The predicted molar refractivity (Wildman–Crippen MR) is 120 cm³/mol. The Morgan fingerprint density at radius 1 is 1.22 bits per heavy atom. The number of phenolic OH excluding ortho intramolecular Hbond substituents is 1. The van der Waals surface area contributed by atoms with Gasteiger partial charge in [0.25, 0.3) is 0 Å². The molecule has 0 saturated heterocycles. The summed E-state index contributed by atoms with van der Waals surface area (Å²) in [5.74, 6) is 1.73. The van der Waals surface area contributed by atoms with Crippen LogP contribution in [-0.4, -0.2) is 45.0 Å². The van der Waals surface area contributed by atoms with E-state index in [4.69, 9.17) is 9.47 Å². The van der Waals surface area contributed by atoms with Crippen molar-refractivity contribution in [1.29, 1.82) is 0 Å². The zero-order chi connectivity index (χ0) is 18.8. The Balaban J connectivity index is 0.00000364. The largest absolute Gasteiger partial charge is 0.508 e. The summed E-state index contributed by atoms with van der Waals surface area (Å²) < 4.78 is 10.5. The highest BCUT2D eigenvalue weighted by atomic mass is 127. The number of hydrogen-bond donors (Lipinski definition) is 3. The van der Waals surface area contributed by atoms with E-state index in [0.717, 1.165) is 43.4 Å². The van der Waals surface area contributed by atoms with Crippen LogP contribution in [0.25, 0.3) is 0 Å². The number of rotatable bonds is 9. The second-order valence-corrected chi connectivity index (χ2v) is 6.99. The molecule has 0 aromatic heterocycles. The first kappa shape index (κ1) is 23.8. The molecule has 0 amide bonds. The Morgan fingerprint density at radius 2 is 1.96 bits per heavy atom. The Labute approximate surface area is 180 Å². The van der Waals surface area contributed by atoms with Gasteiger partial charge in [-0.15, -0.1) is 24.0 Å². The number of benzene rings is 1. The molecule has 7 heteroatoms. The summed E-state index contributed by atoms with van der Waals surface area (Å²) in [7, 11) is 3.38. The Hall–Kier alpha value is -1.22. The van der Waals surface area contributed by atoms with Gasteiger partial charge in [0.05, 0.1) is 13.7 Å². The minimum absolute atomic E-state index is 0. The molecular weight excluding hydrogens is 457 g/mol. The third kappa shape index (κ3) is 7.37. The van der Waals surface area contributed by atoms with Crippen molar-refractivity contribution in [3.63, 3.8) is 0 Å². The second-order valence-electron chi connectivity index (χ2n) is 6.99. The summed E-state index contributed by atoms with van der Waals surface area (Å²) in [5.41, 5.74) is 1.04. The first-order chi connectivity index (χ1) is 12.6. The second kappa shape index (κ2) is 12.3. The number of ether oxygens (including phenoxy) is 2. The van der Waals surface area contributed by atoms with Crippen molar-refractivity contribution in [2.75, 3.05) is 33.9 Å². The molecule has 0 aliphatic heterocycles. The average molecular weight is 491 g/mol. The van der Waals surface area contributed by atoms with Gasteiger partial charge in [-0.05, 0) is 49.8 Å². The normalized spacial score (nSPS) is 15.9. The number of phenols is 1. The van der Waals surface area contributed by atoms with Gasteiger partial charge in [-0.1, -0.05) is 12.8 Å². The van der Waals surface area contributed by atoms with Crippen molar-refractivity contribution >= 4 is 29.9 Å². The average Bonchev–Trinajstić information content (AvgIpc) is 3.12. The van der Waals surface area contributed by atoms with Crippen LogP contribution in [0.3, 0.4) is 0 Å². The lowest BCUT2D eigenvalue weighted by molar-refractivity contribution is 0.138. The number of hydrogen-bond acceptors (Lipinski definition) is 4. The van der Waals surface area contributed by atoms with E-state index in [9.17, 15) is 5.11 Å². The van der Waals surface area contributed by atoms with Gasteiger partial charge in [-0.3, -0.25) is 0 Å². The maximum absolute atomic E-state index is 10.0. The van der Waals surface area contributed by atoms with E-state index in [0.29, 0.717) is 12.0 Å². The fourth-order valence-electron chi connectivity index (χ4n) is 3.55. The third-order valence-electron chi connectivity index (χ3n) is 5.17. The van der Waals surface area contributed by atoms with Crippen molar-refractivity contribution in [3.05, 3.63) is 23.8 Å². The van der Waals surface area contributed by atoms with Gasteiger partial charge >= 0.3 is 0 Å². The zero-order valence-corrected chi connectivity index (χ0v) is 19.0. The summed E-state index contributed by atoms with van der Waals surface area (Å²) in [6.07, 6.45) is 6.12. The van der Waals surface area contributed by atoms with Gasteiger partial charge in [-0.2, -0.15) is 0 Å². The predicted octanol–water partition coefficient (Wildman–Crippen LogP) is 3.67. The van der Waals surface area contributed by atoms with E-state index in [-0.39, 0.29) is 29.7 Å². The molecule has 0 bridgehead atoms. The summed E-state index contributed by atoms with van der Waals surface area (Å²) in [6, 6.07) is 5.20. The molecule has 0 unspecified atom stereocenters. The lowest BCUT2D eigenvalue weighted by Gasteiger charge is -2.30. The maximum atomic E-state index is 10.0. The van der Waals surface area contributed by atoms with E-state index < -0.39 is 0 Å². The number of aliphatic imine (C=N–C) groups is 1. The number of nitrogens with zero attached hydrogens (tertiary/aromatic N) is 1. The topological polar surface area (TPSA) is 75.1 Å². The van der Waals surface area contributed by atoms with E-state index in [1.54, 1.807) is 26.4 Å². The molecule has 0 spiro atoms. The van der Waals surface area contributed by atoms with Crippen molar-refractivity contribution in [3.8, 4) is 11.5 Å². The maximum Gasteiger partial charge on any atom is 0.191 e. The van der Waals surface area contributed by atoms with Crippen LogP contribution in [0.5, 0.6) is 11.5 Å². The van der Waals surface area contributed by atoms with Gasteiger partial charge in [0.1, 0.15) is 11.5 Å². The fraction of sp³-hybridized carbons (Fsp3) is 0.650. The highest BCUT2D eigenvalue weighted by molar-refractivity contribution is 14.0. The Bertz CT molecular complexity index is 590. The molecule has 0 heterocycles. The quantitative estimate of drug-likeness (QED) is 0.279. The lowest BCUT2D eigenvalue weighted by Crippen LogP contribution is -2.43. The van der Waals surface area contributed by atoms with Crippen LogP contribution in [0.2, 0.25) is 0 Å². The van der Waals surface area contributed by atoms with Crippen LogP contribution in [0.4, 0.5) is 0 Å². The first-order valence-electron chi connectivity index (χ1n) is 9.49. The van der Waals surface area contributed by atoms with E-state index >= 15 is 0 Å². The summed E-state index contributed by atoms with van der Waals surface area (Å²) in [4.78, 5) is 4.64. The van der Waals surface area contributed by atoms with Crippen LogP contribution in [0.1, 0.15) is 44.6 Å². The van der Waals surface area contributed by atoms with E-state index in [2.05, 4.69) is 22.5 Å². The molecule has 1 aliphatic carbocycles. The fourth-order valence-corrected chi connectivity index (χ4v) is 3.55. The van der Waals surface area contributed by atoms with Gasteiger partial charge < -0.3 is 25.2 Å². The van der Waals surface area contributed by atoms with E-state index in [1.165, 1.54) is 25.7 Å². The van der Waals surface area contributed by atoms with Gasteiger partial charge in [0, 0.05) is 32.4 Å². The van der Waals surface area contributed by atoms with Crippen LogP contribution in [-0.2, 0) is 11.3 Å². The molecule has 3 N–H and O–H groups in total. The number of methoxy groups -OCH3 is 2. The first-order valence-corrected chi connectivity index (χ1v) is 9.49. The molecular formula is C20H34IN3O3. The molecule has 2 rings (SSSR count). The minimum atomic E-state index is 0. The zero-order valence-electron chi connectivity index (χ0n) is 16.7. The molecule has 1 aliphatic rings. The van der Waals surface area contributed by atoms with Crippen molar-refractivity contribution in [1.82, 2.24) is 10.6 Å². The molecule has 0 atom stereocenters. The highest BCUT2D eigenvalue weighted by Crippen LogP contribution is 2.40. The minimum Gasteiger partial charge on any atom is -0.508 e. The Kier molecular flexibility index (Phi) is 10.8. The molecule has 1 fully saturated rings. The van der Waals surface area contributed by atoms with Crippen LogP contribution in [0, 0.1) is 5.41 Å². The van der Waals surface area contributed by atoms with Crippen molar-refractivity contribution in [2.45, 2.75) is 45.6 Å². The summed E-state index contributed by atoms with van der Waals surface area (Å²) in [5, 5.41) is 16.8. The smallest absolute Gasteiger partial charge is 0.191 e. The molecule has 27 heavy (non-hydrogen) atoms. The molecule has 0 radical (unpaired) electrons. The van der Waals surface area contributed by atoms with Gasteiger partial charge in [0.2, 0.25) is 0 Å². The number of aromatic hydroxyl groups is 1. The van der Waals surface area contributed by atoms with Crippen molar-refractivity contribution in [2.24, 2.45) is 10.4 Å². The SMILES string of the molecule is CCNC(=NCc1cc(OC)ccc1O)NCC1(CCOC)CCCC1.I. The van der Waals surface area contributed by atoms with E-state index in [1.807, 2.05) is 6.07 Å². The standard InChI is InChI=1S/C20H33N3O3.HI/c1-4-21-19(22-14-16-13-17(26-3)7-8-18(16)24)23-15-20(11-12-25-2)9-5-6-10-20;/h7-8,13,24H,4-6,9-12,14-15H2,1-3H3,(H2,21,22,23);1H. The summed E-state index contributed by atoms with van der Waals surface area (Å²) in [6.45, 7) is 4.93. The molecule has 1 aromatic carbocycles. The monoisotopic (exact) mass is 491 g/mol. The van der Waals surface area contributed by atoms with Gasteiger partial charge in [-0.25, -0.2) is 4.99 Å². The Morgan fingerprint density at radius 3 is 2.59 bits per heavy atom. The van der Waals surface area contributed by atoms with Crippen molar-refractivity contribution < 1.29 is 14.6 Å². The molecule has 1 aromatic rings.